The summed E-state index contributed by atoms with van der Waals surface area (Å²) in [5.41, 5.74) is 0.230. The highest BCUT2D eigenvalue weighted by Crippen LogP contribution is 2.61. The molecule has 0 aromatic heterocycles. The predicted molar refractivity (Wildman–Crippen MR) is 135 cm³/mol. The molecule has 2 aromatic carbocycles. The standard InChI is InChI=1S/C28H33NO6S/c1-19-11-13-21(14-12-19)36(32,33)29(5)25-22(18-34-17-20-9-7-6-8-10-20)23-15-16-24(30)28(23,25)26(31)35-27(2,3)4/h6-14,23H,15-18H2,1-5H3/t23?,28-/m0/s1. The van der Waals surface area contributed by atoms with Crippen molar-refractivity contribution in [3.05, 3.63) is 77.0 Å². The number of ether oxygens (including phenoxy) is 2. The van der Waals surface area contributed by atoms with E-state index in [1.54, 1.807) is 32.9 Å². The van der Waals surface area contributed by atoms with Crippen LogP contribution >= 0.6 is 0 Å². The van der Waals surface area contributed by atoms with E-state index >= 15 is 0 Å². The zero-order valence-electron chi connectivity index (χ0n) is 21.4. The normalized spacial score (nSPS) is 21.7. The van der Waals surface area contributed by atoms with Crippen LogP contribution in [0, 0.1) is 18.3 Å². The van der Waals surface area contributed by atoms with Crippen LogP contribution in [0.15, 0.2) is 70.8 Å². The summed E-state index contributed by atoms with van der Waals surface area (Å²) in [5.74, 6) is -1.47. The number of ketones is 1. The molecule has 36 heavy (non-hydrogen) atoms. The van der Waals surface area contributed by atoms with Crippen molar-refractivity contribution in [1.29, 1.82) is 0 Å². The van der Waals surface area contributed by atoms with Crippen molar-refractivity contribution in [2.24, 2.45) is 11.3 Å². The Morgan fingerprint density at radius 2 is 1.69 bits per heavy atom. The van der Waals surface area contributed by atoms with Crippen LogP contribution in [-0.2, 0) is 35.7 Å². The molecule has 7 nitrogen and oxygen atoms in total. The Bertz CT molecular complexity index is 1290. The second-order valence-corrected chi connectivity index (χ2v) is 12.4. The third-order valence-electron chi connectivity index (χ3n) is 6.81. The summed E-state index contributed by atoms with van der Waals surface area (Å²) in [6, 6.07) is 16.1. The number of hydrogen-bond acceptors (Lipinski definition) is 6. The van der Waals surface area contributed by atoms with E-state index in [1.807, 2.05) is 37.3 Å². The average Bonchev–Trinajstić information content (AvgIpc) is 3.09. The SMILES string of the molecule is Cc1ccc(S(=O)(=O)N(C)C2=C(COCc3ccccc3)C3CCC(=O)[C@]23C(=O)OC(C)(C)C)cc1. The van der Waals surface area contributed by atoms with Gasteiger partial charge in [-0.1, -0.05) is 48.0 Å². The van der Waals surface area contributed by atoms with Gasteiger partial charge in [-0.25, -0.2) is 8.42 Å². The van der Waals surface area contributed by atoms with Gasteiger partial charge in [0.1, 0.15) is 5.60 Å². The number of nitrogens with zero attached hydrogens (tertiary/aromatic N) is 1. The fourth-order valence-corrected chi connectivity index (χ4v) is 6.43. The Hall–Kier alpha value is -2.97. The number of carbonyl (C=O) groups excluding carboxylic acids is 2. The molecule has 0 amide bonds. The van der Waals surface area contributed by atoms with Crippen LogP contribution in [0.2, 0.25) is 0 Å². The minimum absolute atomic E-state index is 0.0842. The molecule has 0 bridgehead atoms. The molecule has 2 aliphatic carbocycles. The number of sulfonamides is 1. The molecule has 0 spiro atoms. The molecule has 192 valence electrons. The first-order chi connectivity index (χ1) is 16.9. The second kappa shape index (κ2) is 9.48. The third-order valence-corrected chi connectivity index (χ3v) is 8.58. The van der Waals surface area contributed by atoms with Crippen LogP contribution in [-0.4, -0.2) is 43.7 Å². The van der Waals surface area contributed by atoms with Crippen molar-refractivity contribution in [2.75, 3.05) is 13.7 Å². The molecule has 1 unspecified atom stereocenters. The van der Waals surface area contributed by atoms with Crippen molar-refractivity contribution < 1.29 is 27.5 Å². The molecule has 4 rings (SSSR count). The highest BCUT2D eigenvalue weighted by atomic mass is 32.2. The summed E-state index contributed by atoms with van der Waals surface area (Å²) in [4.78, 5) is 27.0. The molecule has 0 aliphatic heterocycles. The number of aryl methyl sites for hydroxylation is 1. The van der Waals surface area contributed by atoms with Gasteiger partial charge in [0, 0.05) is 19.4 Å². The molecule has 2 aliphatic rings. The summed E-state index contributed by atoms with van der Waals surface area (Å²) >= 11 is 0. The molecule has 8 heteroatoms. The van der Waals surface area contributed by atoms with E-state index in [0.29, 0.717) is 18.6 Å². The van der Waals surface area contributed by atoms with Gasteiger partial charge in [0.2, 0.25) is 0 Å². The Kier molecular flexibility index (Phi) is 6.88. The zero-order chi connectivity index (χ0) is 26.3. The minimum atomic E-state index is -4.04. The second-order valence-electron chi connectivity index (χ2n) is 10.5. The van der Waals surface area contributed by atoms with Crippen LogP contribution in [0.1, 0.15) is 44.7 Å². The van der Waals surface area contributed by atoms with E-state index in [9.17, 15) is 18.0 Å². The highest BCUT2D eigenvalue weighted by molar-refractivity contribution is 7.89. The summed E-state index contributed by atoms with van der Waals surface area (Å²) in [6.07, 6.45) is 0.623. The first-order valence-corrected chi connectivity index (χ1v) is 13.5. The highest BCUT2D eigenvalue weighted by Gasteiger charge is 2.69. The van der Waals surface area contributed by atoms with Gasteiger partial charge in [-0.15, -0.1) is 0 Å². The van der Waals surface area contributed by atoms with Gasteiger partial charge >= 0.3 is 5.97 Å². The molecule has 2 aromatic rings. The average molecular weight is 512 g/mol. The Morgan fingerprint density at radius 1 is 1.06 bits per heavy atom. The molecule has 0 heterocycles. The molecule has 1 saturated carbocycles. The number of carbonyl (C=O) groups is 2. The number of benzene rings is 2. The number of hydrogen-bond donors (Lipinski definition) is 0. The van der Waals surface area contributed by atoms with Gasteiger partial charge in [-0.05, 0) is 57.4 Å². The van der Waals surface area contributed by atoms with E-state index in [0.717, 1.165) is 15.4 Å². The van der Waals surface area contributed by atoms with Gasteiger partial charge < -0.3 is 9.47 Å². The third kappa shape index (κ3) is 4.48. The quantitative estimate of drug-likeness (QED) is 0.385. The minimum Gasteiger partial charge on any atom is -0.459 e. The van der Waals surface area contributed by atoms with E-state index in [-0.39, 0.29) is 29.4 Å². The van der Waals surface area contributed by atoms with Crippen molar-refractivity contribution in [3.8, 4) is 0 Å². The lowest BCUT2D eigenvalue weighted by Crippen LogP contribution is -2.58. The molecule has 0 N–H and O–H groups in total. The number of rotatable bonds is 8. The van der Waals surface area contributed by atoms with Crippen molar-refractivity contribution in [1.82, 2.24) is 4.31 Å². The predicted octanol–water partition coefficient (Wildman–Crippen LogP) is 4.41. The number of Topliss-reactive ketones (excluding diaryl/α,β-unsaturated/α-hetero) is 1. The first-order valence-electron chi connectivity index (χ1n) is 12.1. The lowest BCUT2D eigenvalue weighted by Gasteiger charge is -2.49. The van der Waals surface area contributed by atoms with Crippen molar-refractivity contribution >= 4 is 21.8 Å². The van der Waals surface area contributed by atoms with E-state index in [4.69, 9.17) is 9.47 Å². The van der Waals surface area contributed by atoms with Crippen LogP contribution in [0.4, 0.5) is 0 Å². The van der Waals surface area contributed by atoms with Gasteiger partial charge in [0.05, 0.1) is 23.8 Å². The fourth-order valence-electron chi connectivity index (χ4n) is 5.13. The van der Waals surface area contributed by atoms with Crippen LogP contribution in [0.5, 0.6) is 0 Å². The Labute approximate surface area is 213 Å². The Balaban J connectivity index is 1.76. The maximum absolute atomic E-state index is 13.7. The maximum Gasteiger partial charge on any atom is 0.326 e. The summed E-state index contributed by atoms with van der Waals surface area (Å²) in [7, 11) is -2.64. The number of esters is 1. The van der Waals surface area contributed by atoms with E-state index in [1.165, 1.54) is 19.2 Å². The van der Waals surface area contributed by atoms with Crippen LogP contribution in [0.3, 0.4) is 0 Å². The van der Waals surface area contributed by atoms with Crippen LogP contribution < -0.4 is 0 Å². The Morgan fingerprint density at radius 3 is 2.31 bits per heavy atom. The molecule has 1 fully saturated rings. The van der Waals surface area contributed by atoms with E-state index < -0.39 is 32.9 Å². The van der Waals surface area contributed by atoms with Gasteiger partial charge in [0.15, 0.2) is 11.2 Å². The van der Waals surface area contributed by atoms with Gasteiger partial charge in [-0.3, -0.25) is 13.9 Å². The molecule has 0 radical (unpaired) electrons. The fraction of sp³-hybridized carbons (Fsp3) is 0.429. The molecular weight excluding hydrogens is 478 g/mol. The lowest BCUT2D eigenvalue weighted by atomic mass is 9.60. The summed E-state index contributed by atoms with van der Waals surface area (Å²) in [6.45, 7) is 7.50. The first kappa shape index (κ1) is 26.1. The lowest BCUT2D eigenvalue weighted by molar-refractivity contribution is -0.171. The van der Waals surface area contributed by atoms with Crippen molar-refractivity contribution in [3.63, 3.8) is 0 Å². The maximum atomic E-state index is 13.7. The van der Waals surface area contributed by atoms with Crippen LogP contribution in [0.25, 0.3) is 0 Å². The molecule has 2 atom stereocenters. The zero-order valence-corrected chi connectivity index (χ0v) is 22.2. The number of fused-ring (bicyclic) bond motifs is 1. The smallest absolute Gasteiger partial charge is 0.326 e. The monoisotopic (exact) mass is 511 g/mol. The topological polar surface area (TPSA) is 90.0 Å². The van der Waals surface area contributed by atoms with Gasteiger partial charge in [0.25, 0.3) is 10.0 Å². The summed E-state index contributed by atoms with van der Waals surface area (Å²) < 4.78 is 40.1. The summed E-state index contributed by atoms with van der Waals surface area (Å²) in [5, 5.41) is 0. The molecular formula is C28H33NO6S. The van der Waals surface area contributed by atoms with Gasteiger partial charge in [-0.2, -0.15) is 0 Å². The van der Waals surface area contributed by atoms with E-state index in [2.05, 4.69) is 0 Å². The largest absolute Gasteiger partial charge is 0.459 e. The molecule has 0 saturated heterocycles. The van der Waals surface area contributed by atoms with Crippen molar-refractivity contribution in [2.45, 2.75) is 57.6 Å².